The number of nitrogens with one attached hydrogen (secondary N) is 2. The predicted octanol–water partition coefficient (Wildman–Crippen LogP) is 2.61. The number of rotatable bonds is 5. The molecule has 2 heterocycles. The lowest BCUT2D eigenvalue weighted by atomic mass is 9.86. The molecule has 3 rings (SSSR count). The number of urea groups is 1. The number of anilines is 1. The van der Waals surface area contributed by atoms with E-state index in [1.807, 2.05) is 24.3 Å². The third kappa shape index (κ3) is 3.80. The predicted molar refractivity (Wildman–Crippen MR) is 92.1 cm³/mol. The van der Waals surface area contributed by atoms with Gasteiger partial charge in [0.15, 0.2) is 0 Å². The molecule has 1 atom stereocenters. The molecule has 6 nitrogen and oxygen atoms in total. The Balaban J connectivity index is 1.51. The highest BCUT2D eigenvalue weighted by Crippen LogP contribution is 2.36. The Morgan fingerprint density at radius 2 is 2.17 bits per heavy atom. The molecule has 1 aromatic carbocycles. The summed E-state index contributed by atoms with van der Waals surface area (Å²) in [5, 5.41) is 5.80. The van der Waals surface area contributed by atoms with Gasteiger partial charge in [-0.05, 0) is 37.1 Å². The minimum atomic E-state index is -0.106. The first-order valence-corrected chi connectivity index (χ1v) is 8.66. The van der Waals surface area contributed by atoms with Crippen LogP contribution >= 0.6 is 0 Å². The van der Waals surface area contributed by atoms with Crippen molar-refractivity contribution in [3.05, 3.63) is 24.3 Å². The van der Waals surface area contributed by atoms with Crippen LogP contribution in [-0.2, 0) is 4.79 Å². The van der Waals surface area contributed by atoms with E-state index in [4.69, 9.17) is 4.74 Å². The quantitative estimate of drug-likeness (QED) is 0.815. The van der Waals surface area contributed by atoms with E-state index in [9.17, 15) is 9.59 Å². The molecule has 1 aromatic rings. The van der Waals surface area contributed by atoms with Gasteiger partial charge in [-0.25, -0.2) is 4.79 Å². The first kappa shape index (κ1) is 16.6. The highest BCUT2D eigenvalue weighted by molar-refractivity contribution is 5.90. The molecule has 2 saturated heterocycles. The van der Waals surface area contributed by atoms with Crippen molar-refractivity contribution in [3.8, 4) is 5.75 Å². The van der Waals surface area contributed by atoms with Crippen LogP contribution in [0.3, 0.4) is 0 Å². The van der Waals surface area contributed by atoms with Crippen molar-refractivity contribution >= 4 is 17.6 Å². The maximum absolute atomic E-state index is 12.4. The van der Waals surface area contributed by atoms with Crippen molar-refractivity contribution < 1.29 is 14.3 Å². The molecule has 0 aromatic heterocycles. The molecule has 1 unspecified atom stereocenters. The summed E-state index contributed by atoms with van der Waals surface area (Å²) in [5.74, 6) is 0.910. The number of nitrogens with zero attached hydrogens (tertiary/aromatic N) is 1. The standard InChI is InChI=1S/C18H25N3O3/c1-2-3-10-24-15-6-4-14(5-7-15)20-17(23)21-9-8-18(13-21)11-16(22)19-12-18/h4-7H,2-3,8-13H2,1H3,(H,19,22)(H,20,23). The van der Waals surface area contributed by atoms with Crippen molar-refractivity contribution in [2.45, 2.75) is 32.6 Å². The second kappa shape index (κ2) is 7.11. The summed E-state index contributed by atoms with van der Waals surface area (Å²) in [6.45, 7) is 4.85. The molecule has 0 bridgehead atoms. The number of unbranched alkanes of at least 4 members (excludes halogenated alkanes) is 1. The highest BCUT2D eigenvalue weighted by Gasteiger charge is 2.45. The Morgan fingerprint density at radius 3 is 2.83 bits per heavy atom. The molecule has 2 aliphatic heterocycles. The van der Waals surface area contributed by atoms with Gasteiger partial charge in [0, 0.05) is 37.2 Å². The third-order valence-corrected chi connectivity index (χ3v) is 4.79. The molecule has 3 amide bonds. The molecule has 0 aliphatic carbocycles. The van der Waals surface area contributed by atoms with Gasteiger partial charge in [-0.2, -0.15) is 0 Å². The summed E-state index contributed by atoms with van der Waals surface area (Å²) in [4.78, 5) is 25.7. The van der Waals surface area contributed by atoms with Crippen LogP contribution < -0.4 is 15.4 Å². The van der Waals surface area contributed by atoms with Crippen molar-refractivity contribution in [1.82, 2.24) is 10.2 Å². The van der Waals surface area contributed by atoms with Gasteiger partial charge in [0.05, 0.1) is 6.61 Å². The molecular formula is C18H25N3O3. The summed E-state index contributed by atoms with van der Waals surface area (Å²) in [6, 6.07) is 7.34. The summed E-state index contributed by atoms with van der Waals surface area (Å²) in [5.41, 5.74) is 0.690. The van der Waals surface area contributed by atoms with E-state index in [0.29, 0.717) is 32.7 Å². The molecule has 0 radical (unpaired) electrons. The number of hydrogen-bond donors (Lipinski definition) is 2. The maximum atomic E-state index is 12.4. The lowest BCUT2D eigenvalue weighted by Crippen LogP contribution is -2.36. The van der Waals surface area contributed by atoms with Gasteiger partial charge in [-0.3, -0.25) is 4.79 Å². The second-order valence-electron chi connectivity index (χ2n) is 6.78. The zero-order chi connectivity index (χ0) is 17.0. The number of likely N-dealkylation sites (tertiary alicyclic amines) is 1. The van der Waals surface area contributed by atoms with Crippen LogP contribution in [0.4, 0.5) is 10.5 Å². The summed E-state index contributed by atoms with van der Waals surface area (Å²) in [6.07, 6.45) is 3.54. The number of carbonyl (C=O) groups excluding carboxylic acids is 2. The molecule has 130 valence electrons. The fraction of sp³-hybridized carbons (Fsp3) is 0.556. The van der Waals surface area contributed by atoms with Gasteiger partial charge in [0.25, 0.3) is 0 Å². The second-order valence-corrected chi connectivity index (χ2v) is 6.78. The van der Waals surface area contributed by atoms with Crippen LogP contribution in [0.25, 0.3) is 0 Å². The molecule has 2 fully saturated rings. The largest absolute Gasteiger partial charge is 0.494 e. The lowest BCUT2D eigenvalue weighted by molar-refractivity contribution is -0.119. The average molecular weight is 331 g/mol. The minimum absolute atomic E-state index is 0.0641. The van der Waals surface area contributed by atoms with E-state index in [-0.39, 0.29) is 17.4 Å². The van der Waals surface area contributed by atoms with Crippen molar-refractivity contribution in [2.24, 2.45) is 5.41 Å². The normalized spacial score (nSPS) is 22.7. The monoisotopic (exact) mass is 331 g/mol. The fourth-order valence-electron chi connectivity index (χ4n) is 3.32. The topological polar surface area (TPSA) is 70.7 Å². The lowest BCUT2D eigenvalue weighted by Gasteiger charge is -2.22. The molecule has 6 heteroatoms. The third-order valence-electron chi connectivity index (χ3n) is 4.79. The number of ether oxygens (including phenoxy) is 1. The van der Waals surface area contributed by atoms with Crippen LogP contribution in [0.5, 0.6) is 5.75 Å². The number of carbonyl (C=O) groups is 2. The molecule has 2 N–H and O–H groups in total. The Kier molecular flexibility index (Phi) is 4.92. The van der Waals surface area contributed by atoms with Crippen LogP contribution in [0.2, 0.25) is 0 Å². The van der Waals surface area contributed by atoms with Gasteiger partial charge in [-0.1, -0.05) is 13.3 Å². The average Bonchev–Trinajstić information content (AvgIpc) is 3.16. The summed E-state index contributed by atoms with van der Waals surface area (Å²) in [7, 11) is 0. The van der Waals surface area contributed by atoms with Gasteiger partial charge in [0.1, 0.15) is 5.75 Å². The van der Waals surface area contributed by atoms with Crippen molar-refractivity contribution in [3.63, 3.8) is 0 Å². The maximum Gasteiger partial charge on any atom is 0.321 e. The molecule has 24 heavy (non-hydrogen) atoms. The van der Waals surface area contributed by atoms with Crippen LogP contribution in [0.15, 0.2) is 24.3 Å². The van der Waals surface area contributed by atoms with Gasteiger partial charge >= 0.3 is 6.03 Å². The van der Waals surface area contributed by atoms with Crippen molar-refractivity contribution in [2.75, 3.05) is 31.6 Å². The fourth-order valence-corrected chi connectivity index (χ4v) is 3.32. The van der Waals surface area contributed by atoms with Gasteiger partial charge in [-0.15, -0.1) is 0 Å². The molecular weight excluding hydrogens is 306 g/mol. The Morgan fingerprint density at radius 1 is 1.38 bits per heavy atom. The Bertz CT molecular complexity index is 602. The molecule has 2 aliphatic rings. The zero-order valence-electron chi connectivity index (χ0n) is 14.1. The Labute approximate surface area is 142 Å². The first-order valence-electron chi connectivity index (χ1n) is 8.66. The Hall–Kier alpha value is -2.24. The highest BCUT2D eigenvalue weighted by atomic mass is 16.5. The van der Waals surface area contributed by atoms with E-state index in [0.717, 1.165) is 30.7 Å². The van der Waals surface area contributed by atoms with Gasteiger partial charge < -0.3 is 20.3 Å². The van der Waals surface area contributed by atoms with E-state index in [1.165, 1.54) is 0 Å². The number of benzene rings is 1. The summed E-state index contributed by atoms with van der Waals surface area (Å²) < 4.78 is 5.62. The SMILES string of the molecule is CCCCOc1ccc(NC(=O)N2CCC3(CNC(=O)C3)C2)cc1. The van der Waals surface area contributed by atoms with E-state index in [2.05, 4.69) is 17.6 Å². The van der Waals surface area contributed by atoms with Crippen LogP contribution in [0.1, 0.15) is 32.6 Å². The number of hydrogen-bond acceptors (Lipinski definition) is 3. The smallest absolute Gasteiger partial charge is 0.321 e. The van der Waals surface area contributed by atoms with Crippen molar-refractivity contribution in [1.29, 1.82) is 0 Å². The van der Waals surface area contributed by atoms with E-state index in [1.54, 1.807) is 4.90 Å². The first-order chi connectivity index (χ1) is 11.6. The van der Waals surface area contributed by atoms with Gasteiger partial charge in [0.2, 0.25) is 5.91 Å². The number of amides is 3. The minimum Gasteiger partial charge on any atom is -0.494 e. The van der Waals surface area contributed by atoms with Crippen LogP contribution in [0, 0.1) is 5.41 Å². The van der Waals surface area contributed by atoms with E-state index >= 15 is 0 Å². The van der Waals surface area contributed by atoms with E-state index < -0.39 is 0 Å². The zero-order valence-corrected chi connectivity index (χ0v) is 14.1. The molecule has 1 spiro atoms. The summed E-state index contributed by atoms with van der Waals surface area (Å²) >= 11 is 0. The van der Waals surface area contributed by atoms with Crippen LogP contribution in [-0.4, -0.2) is 43.1 Å². The molecule has 0 saturated carbocycles.